The van der Waals surface area contributed by atoms with Crippen molar-refractivity contribution in [1.82, 2.24) is 0 Å². The maximum absolute atomic E-state index is 5.49. The topological polar surface area (TPSA) is 9.23 Å². The Balaban J connectivity index is 0.000000640. The van der Waals surface area contributed by atoms with Crippen LogP contribution in [-0.4, -0.2) is 51.4 Å². The third-order valence-electron chi connectivity index (χ3n) is 1.73. The molecule has 3 heteroatoms. The molecule has 1 rings (SSSR count). The van der Waals surface area contributed by atoms with Gasteiger partial charge in [-0.3, -0.25) is 0 Å². The first kappa shape index (κ1) is 10.2. The predicted molar refractivity (Wildman–Crippen MR) is 45.1 cm³/mol. The van der Waals surface area contributed by atoms with Crippen LogP contribution in [0.2, 0.25) is 6.55 Å². The zero-order valence-corrected chi connectivity index (χ0v) is 6.94. The molecular weight excluding hydrogens is 139 g/mol. The van der Waals surface area contributed by atoms with Crippen LogP contribution >= 0.6 is 0 Å². The van der Waals surface area contributed by atoms with E-state index >= 15 is 0 Å². The molecule has 0 spiro atoms. The van der Waals surface area contributed by atoms with E-state index < -0.39 is 0 Å². The first-order valence-corrected chi connectivity index (χ1v) is 5.78. The van der Waals surface area contributed by atoms with E-state index in [1.54, 1.807) is 0 Å². The predicted octanol–water partition coefficient (Wildman–Crippen LogP) is 0.0814. The molecule has 9 heavy (non-hydrogen) atoms. The van der Waals surface area contributed by atoms with Crippen LogP contribution in [0.5, 0.6) is 0 Å². The molecule has 50 valence electrons. The van der Waals surface area contributed by atoms with Gasteiger partial charge in [0.2, 0.25) is 0 Å². The molecule has 0 radical (unpaired) electrons. The number of hydrogen-bond donors (Lipinski definition) is 0. The molecule has 1 heterocycles. The summed E-state index contributed by atoms with van der Waals surface area (Å²) in [6.07, 6.45) is 4.05. The van der Waals surface area contributed by atoms with Gasteiger partial charge in [0.15, 0.2) is 0 Å². The van der Waals surface area contributed by atoms with Crippen molar-refractivity contribution in [3.05, 3.63) is 0 Å². The number of hydrogen-bond acceptors (Lipinski definition) is 1. The van der Waals surface area contributed by atoms with Gasteiger partial charge in [0, 0.05) is 12.3 Å². The molecule has 1 nitrogen and oxygen atoms in total. The van der Waals surface area contributed by atoms with E-state index in [0.717, 1.165) is 12.3 Å². The van der Waals surface area contributed by atoms with Gasteiger partial charge in [-0.1, -0.05) is 6.55 Å². The molecule has 0 saturated carbocycles. The Kier molecular flexibility index (Phi) is 6.70. The Morgan fingerprint density at radius 2 is 2.22 bits per heavy atom. The number of rotatable bonds is 1. The van der Waals surface area contributed by atoms with Crippen LogP contribution in [0.3, 0.4) is 0 Å². The maximum atomic E-state index is 5.49. The molecule has 1 atom stereocenters. The fourth-order valence-corrected chi connectivity index (χ4v) is 2.23. The van der Waals surface area contributed by atoms with Crippen LogP contribution in [0.4, 0.5) is 0 Å². The minimum atomic E-state index is 0. The first-order chi connectivity index (χ1) is 3.93. The second kappa shape index (κ2) is 5.92. The molecular formula is C6H15NaOSi. The van der Waals surface area contributed by atoms with Gasteiger partial charge in [-0.05, 0) is 19.3 Å². The summed E-state index contributed by atoms with van der Waals surface area (Å²) in [5, 5.41) is 0. The average molecular weight is 154 g/mol. The summed E-state index contributed by atoms with van der Waals surface area (Å²) in [5.41, 5.74) is 0.726. The van der Waals surface area contributed by atoms with Crippen molar-refractivity contribution in [2.75, 3.05) is 6.61 Å². The molecule has 0 aromatic rings. The Labute approximate surface area is 81.7 Å². The first-order valence-electron chi connectivity index (χ1n) is 3.55. The molecule has 0 N–H and O–H groups in total. The minimum absolute atomic E-state index is 0. The van der Waals surface area contributed by atoms with Gasteiger partial charge in [0.05, 0.1) is 9.52 Å². The summed E-state index contributed by atoms with van der Waals surface area (Å²) < 4.78 is 5.49. The Morgan fingerprint density at radius 1 is 1.44 bits per heavy atom. The summed E-state index contributed by atoms with van der Waals surface area (Å²) in [5.74, 6) is 0. The van der Waals surface area contributed by atoms with E-state index in [0.29, 0.717) is 0 Å². The van der Waals surface area contributed by atoms with Gasteiger partial charge in [0.1, 0.15) is 0 Å². The van der Waals surface area contributed by atoms with Crippen molar-refractivity contribution in [3.63, 3.8) is 0 Å². The normalized spacial score (nSPS) is 28.3. The third kappa shape index (κ3) is 3.78. The monoisotopic (exact) mass is 154 g/mol. The molecule has 1 aliphatic heterocycles. The van der Waals surface area contributed by atoms with Crippen molar-refractivity contribution in [2.45, 2.75) is 31.5 Å². The second-order valence-electron chi connectivity index (χ2n) is 2.40. The van der Waals surface area contributed by atoms with Crippen molar-refractivity contribution in [2.24, 2.45) is 0 Å². The molecule has 1 unspecified atom stereocenters. The van der Waals surface area contributed by atoms with Crippen molar-refractivity contribution in [1.29, 1.82) is 0 Å². The van der Waals surface area contributed by atoms with Gasteiger partial charge in [-0.25, -0.2) is 0 Å². The van der Waals surface area contributed by atoms with Crippen molar-refractivity contribution < 1.29 is 4.74 Å². The zero-order chi connectivity index (χ0) is 5.82. The van der Waals surface area contributed by atoms with Crippen LogP contribution < -0.4 is 0 Å². The van der Waals surface area contributed by atoms with Gasteiger partial charge < -0.3 is 4.74 Å². The van der Waals surface area contributed by atoms with E-state index in [4.69, 9.17) is 4.74 Å². The summed E-state index contributed by atoms with van der Waals surface area (Å²) in [6.45, 7) is 3.36. The standard InChI is InChI=1S/C6H14OSi.Na.H/c1-8-6-4-2-3-5-7-6;;/h6H,2-5,8H2,1H3;;. The van der Waals surface area contributed by atoms with Gasteiger partial charge in [-0.2, -0.15) is 0 Å². The fraction of sp³-hybridized carbons (Fsp3) is 1.00. The Morgan fingerprint density at radius 3 is 2.56 bits per heavy atom. The molecule has 1 saturated heterocycles. The Bertz CT molecular complexity index is 64.1. The second-order valence-corrected chi connectivity index (χ2v) is 4.12. The molecule has 0 bridgehead atoms. The van der Waals surface area contributed by atoms with E-state index in [-0.39, 0.29) is 39.1 Å². The summed E-state index contributed by atoms with van der Waals surface area (Å²) in [7, 11) is 0.146. The average Bonchev–Trinajstić information content (AvgIpc) is 1.90. The summed E-state index contributed by atoms with van der Waals surface area (Å²) in [6, 6.07) is 0. The van der Waals surface area contributed by atoms with E-state index in [2.05, 4.69) is 6.55 Å². The fourth-order valence-electron chi connectivity index (χ4n) is 1.13. The van der Waals surface area contributed by atoms with Crippen molar-refractivity contribution in [3.8, 4) is 0 Å². The molecule has 0 amide bonds. The van der Waals surface area contributed by atoms with Crippen LogP contribution in [0.1, 0.15) is 19.3 Å². The Hall–Kier alpha value is 1.18. The zero-order valence-electron chi connectivity index (χ0n) is 5.52. The van der Waals surface area contributed by atoms with E-state index in [9.17, 15) is 0 Å². The van der Waals surface area contributed by atoms with Gasteiger partial charge in [-0.15, -0.1) is 0 Å². The van der Waals surface area contributed by atoms with Crippen LogP contribution in [0, 0.1) is 0 Å². The third-order valence-corrected chi connectivity index (χ3v) is 3.28. The number of ether oxygens (including phenoxy) is 1. The van der Waals surface area contributed by atoms with E-state index in [1.807, 2.05) is 0 Å². The van der Waals surface area contributed by atoms with Gasteiger partial charge >= 0.3 is 29.6 Å². The van der Waals surface area contributed by atoms with Crippen LogP contribution in [0.25, 0.3) is 0 Å². The molecule has 0 aliphatic carbocycles. The van der Waals surface area contributed by atoms with Crippen LogP contribution in [-0.2, 0) is 4.74 Å². The summed E-state index contributed by atoms with van der Waals surface area (Å²) >= 11 is 0. The van der Waals surface area contributed by atoms with Gasteiger partial charge in [0.25, 0.3) is 0 Å². The van der Waals surface area contributed by atoms with E-state index in [1.165, 1.54) is 19.3 Å². The molecule has 1 fully saturated rings. The van der Waals surface area contributed by atoms with Crippen molar-refractivity contribution >= 4 is 39.1 Å². The van der Waals surface area contributed by atoms with Crippen LogP contribution in [0.15, 0.2) is 0 Å². The molecule has 0 aromatic carbocycles. The summed E-state index contributed by atoms with van der Waals surface area (Å²) in [4.78, 5) is 0. The molecule has 1 aliphatic rings. The molecule has 0 aromatic heterocycles. The quantitative estimate of drug-likeness (QED) is 0.486. The SMILES string of the molecule is C[SiH2]C1CCCCO1.[NaH].